The van der Waals surface area contributed by atoms with Crippen molar-refractivity contribution in [3.63, 3.8) is 0 Å². The highest BCUT2D eigenvalue weighted by Gasteiger charge is 2.33. The van der Waals surface area contributed by atoms with Crippen molar-refractivity contribution in [1.29, 1.82) is 0 Å². The van der Waals surface area contributed by atoms with E-state index in [0.29, 0.717) is 23.0 Å². The monoisotopic (exact) mass is 550 g/mol. The van der Waals surface area contributed by atoms with Gasteiger partial charge in [-0.05, 0) is 5.56 Å². The van der Waals surface area contributed by atoms with Gasteiger partial charge in [0.2, 0.25) is 12.3 Å². The number of aliphatic hydroxyl groups is 2. The average molecular weight is 551 g/mol. The van der Waals surface area contributed by atoms with E-state index in [1.807, 2.05) is 30.3 Å². The van der Waals surface area contributed by atoms with Gasteiger partial charge in [-0.25, -0.2) is 0 Å². The van der Waals surface area contributed by atoms with E-state index in [2.05, 4.69) is 5.32 Å². The highest BCUT2D eigenvalue weighted by atomic mass is 33.1. The first kappa shape index (κ1) is 30.0. The molecule has 1 saturated heterocycles. The number of methoxy groups -OCH3 is 1. The molecule has 1 aromatic rings. The molecule has 1 aliphatic heterocycles. The fourth-order valence-corrected chi connectivity index (χ4v) is 6.17. The number of aliphatic hydroxyl groups excluding tert-OH is 2. The predicted octanol–water partition coefficient (Wildman–Crippen LogP) is 1.00. The second-order valence-electron chi connectivity index (χ2n) is 7.24. The lowest BCUT2D eigenvalue weighted by Crippen LogP contribution is -2.48. The minimum Gasteiger partial charge on any atom is -0.386 e. The predicted molar refractivity (Wildman–Crippen MR) is 134 cm³/mol. The summed E-state index contributed by atoms with van der Waals surface area (Å²) in [5.41, 5.74) is 1.03. The van der Waals surface area contributed by atoms with Crippen LogP contribution in [0.2, 0.25) is 0 Å². The number of ether oxygens (including phenoxy) is 2. The van der Waals surface area contributed by atoms with Crippen LogP contribution in [0.25, 0.3) is 0 Å². The van der Waals surface area contributed by atoms with Crippen molar-refractivity contribution in [2.24, 2.45) is 0 Å². The minimum absolute atomic E-state index is 0.247. The maximum atomic E-state index is 11.3. The fourth-order valence-electron chi connectivity index (χ4n) is 2.86. The Morgan fingerprint density at radius 3 is 2.57 bits per heavy atom. The van der Waals surface area contributed by atoms with Crippen molar-refractivity contribution < 1.29 is 43.2 Å². The van der Waals surface area contributed by atoms with Crippen LogP contribution in [0.4, 0.5) is 0 Å². The molecule has 196 valence electrons. The Kier molecular flexibility index (Phi) is 14.1. The van der Waals surface area contributed by atoms with E-state index in [1.165, 1.54) is 14.2 Å². The highest BCUT2D eigenvalue weighted by molar-refractivity contribution is 8.76. The van der Waals surface area contributed by atoms with Crippen molar-refractivity contribution >= 4 is 42.5 Å². The van der Waals surface area contributed by atoms with E-state index in [0.717, 1.165) is 17.8 Å². The van der Waals surface area contributed by atoms with E-state index in [9.17, 15) is 24.7 Å². The van der Waals surface area contributed by atoms with Crippen LogP contribution in [0, 0.1) is 0 Å². The van der Waals surface area contributed by atoms with Gasteiger partial charge >= 0.3 is 8.60 Å². The molecule has 0 aromatic heterocycles. The van der Waals surface area contributed by atoms with E-state index in [4.69, 9.17) is 18.5 Å². The summed E-state index contributed by atoms with van der Waals surface area (Å²) in [7, 11) is 3.61. The summed E-state index contributed by atoms with van der Waals surface area (Å²) in [5.74, 6) is 0.772. The number of carbonyl (C=O) groups is 2. The molecule has 1 aliphatic rings. The first-order valence-corrected chi connectivity index (χ1v) is 14.2. The molecule has 0 aliphatic carbocycles. The third kappa shape index (κ3) is 10.3. The van der Waals surface area contributed by atoms with E-state index >= 15 is 0 Å². The lowest BCUT2D eigenvalue weighted by Gasteiger charge is -2.32. The molecule has 0 bridgehead atoms. The maximum Gasteiger partial charge on any atom is 0.330 e. The van der Waals surface area contributed by atoms with Crippen LogP contribution in [-0.4, -0.2) is 95.2 Å². The van der Waals surface area contributed by atoms with E-state index in [1.54, 1.807) is 21.6 Å². The fraction of sp³-hybridized carbons (Fsp3) is 0.524. The summed E-state index contributed by atoms with van der Waals surface area (Å²) in [5, 5.41) is 23.0. The molecule has 0 radical (unpaired) electrons. The van der Waals surface area contributed by atoms with Crippen LogP contribution in [-0.2, 0) is 34.7 Å². The molecular formula is C21H31N2O9PS2. The summed E-state index contributed by atoms with van der Waals surface area (Å²) >= 11 is 0. The molecule has 35 heavy (non-hydrogen) atoms. The topological polar surface area (TPSA) is 147 Å². The number of likely N-dealkylation sites (N-methyl/N-ethyl adjacent to an activating group) is 1. The second kappa shape index (κ2) is 16.5. The normalized spacial score (nSPS) is 21.7. The summed E-state index contributed by atoms with van der Waals surface area (Å²) in [6, 6.07) is 9.73. The van der Waals surface area contributed by atoms with Gasteiger partial charge in [-0.15, -0.1) is 0 Å². The number of benzene rings is 1. The van der Waals surface area contributed by atoms with Gasteiger partial charge in [0.15, 0.2) is 6.23 Å². The standard InChI is InChI=1S/C21H31N2O9PS2/c1-22-19(25)8-9-23(14-24)21(27)20(26)16(29-2)11-31-33(28)32-18-13-35-34-12-17(18)30-10-15-6-4-3-5-7-15/h3-9,14,16-18,20-21,26-28H,10-13H2,1-2H3,(H,22,25)/b9-8-. The quantitative estimate of drug-likeness (QED) is 0.0815. The van der Waals surface area contributed by atoms with Crippen LogP contribution in [0.5, 0.6) is 0 Å². The van der Waals surface area contributed by atoms with Crippen LogP contribution < -0.4 is 5.32 Å². The zero-order chi connectivity index (χ0) is 25.6. The molecule has 1 aromatic carbocycles. The van der Waals surface area contributed by atoms with Crippen LogP contribution in [0.1, 0.15) is 5.56 Å². The lowest BCUT2D eigenvalue weighted by molar-refractivity contribution is -0.147. The summed E-state index contributed by atoms with van der Waals surface area (Å²) in [4.78, 5) is 33.6. The number of nitrogens with zero attached hydrogens (tertiary/aromatic N) is 1. The van der Waals surface area contributed by atoms with Gasteiger partial charge in [0.1, 0.15) is 18.3 Å². The molecule has 0 spiro atoms. The summed E-state index contributed by atoms with van der Waals surface area (Å²) < 4.78 is 22.2. The molecule has 4 N–H and O–H groups in total. The molecule has 6 unspecified atom stereocenters. The van der Waals surface area contributed by atoms with Crippen molar-refractivity contribution in [3.05, 3.63) is 48.2 Å². The van der Waals surface area contributed by atoms with Gasteiger partial charge in [-0.1, -0.05) is 51.9 Å². The first-order valence-electron chi connectivity index (χ1n) is 10.6. The molecule has 1 fully saturated rings. The van der Waals surface area contributed by atoms with Crippen molar-refractivity contribution in [2.75, 3.05) is 32.3 Å². The van der Waals surface area contributed by atoms with Crippen LogP contribution >= 0.6 is 30.2 Å². The highest BCUT2D eigenvalue weighted by Crippen LogP contribution is 2.41. The summed E-state index contributed by atoms with van der Waals surface area (Å²) in [6.07, 6.45) is -2.81. The third-order valence-corrected chi connectivity index (χ3v) is 8.14. The molecule has 1 heterocycles. The number of amides is 2. The average Bonchev–Trinajstić information content (AvgIpc) is 2.89. The molecule has 2 rings (SSSR count). The zero-order valence-electron chi connectivity index (χ0n) is 19.3. The Hall–Kier alpha value is -1.25. The molecular weight excluding hydrogens is 519 g/mol. The number of hydrogen-bond acceptors (Lipinski definition) is 11. The third-order valence-electron chi connectivity index (χ3n) is 4.91. The number of hydrogen-bond donors (Lipinski definition) is 4. The van der Waals surface area contributed by atoms with Gasteiger partial charge < -0.3 is 38.9 Å². The zero-order valence-corrected chi connectivity index (χ0v) is 21.9. The Morgan fingerprint density at radius 1 is 1.26 bits per heavy atom. The van der Waals surface area contributed by atoms with Gasteiger partial charge in [-0.3, -0.25) is 14.5 Å². The Bertz CT molecular complexity index is 795. The number of nitrogens with one attached hydrogen (secondary N) is 1. The van der Waals surface area contributed by atoms with Gasteiger partial charge in [0, 0.05) is 37.9 Å². The number of carbonyl (C=O) groups excluding carboxylic acids is 2. The van der Waals surface area contributed by atoms with E-state index < -0.39 is 39.0 Å². The minimum atomic E-state index is -2.34. The van der Waals surface area contributed by atoms with Crippen molar-refractivity contribution in [1.82, 2.24) is 10.2 Å². The molecule has 6 atom stereocenters. The lowest BCUT2D eigenvalue weighted by atomic mass is 10.2. The van der Waals surface area contributed by atoms with Crippen LogP contribution in [0.15, 0.2) is 42.6 Å². The Balaban J connectivity index is 1.86. The Labute approximate surface area is 213 Å². The largest absolute Gasteiger partial charge is 0.386 e. The van der Waals surface area contributed by atoms with Crippen LogP contribution in [0.3, 0.4) is 0 Å². The number of rotatable bonds is 15. The molecule has 14 heteroatoms. The first-order chi connectivity index (χ1) is 16.9. The molecule has 0 saturated carbocycles. The smallest absolute Gasteiger partial charge is 0.330 e. The SMILES string of the molecule is CNC(=O)/C=C\N(C=O)C(O)C(O)C(COP(O)OC1CSSCC1OCc1ccccc1)OC. The molecule has 11 nitrogen and oxygen atoms in total. The summed E-state index contributed by atoms with van der Waals surface area (Å²) in [6.45, 7) is 0.0885. The second-order valence-corrected chi connectivity index (χ2v) is 10.7. The molecule has 2 amide bonds. The van der Waals surface area contributed by atoms with Gasteiger partial charge in [0.05, 0.1) is 19.3 Å². The van der Waals surface area contributed by atoms with Crippen molar-refractivity contribution in [3.8, 4) is 0 Å². The van der Waals surface area contributed by atoms with Gasteiger partial charge in [0.25, 0.3) is 0 Å². The van der Waals surface area contributed by atoms with Crippen molar-refractivity contribution in [2.45, 2.75) is 37.3 Å². The maximum absolute atomic E-state index is 11.3. The Morgan fingerprint density at radius 2 is 1.94 bits per heavy atom. The van der Waals surface area contributed by atoms with Gasteiger partial charge in [-0.2, -0.15) is 0 Å². The van der Waals surface area contributed by atoms with E-state index in [-0.39, 0.29) is 19.1 Å².